The quantitative estimate of drug-likeness (QED) is 0.459. The average Bonchev–Trinajstić information content (AvgIpc) is 2.62. The minimum absolute atomic E-state index is 0.0295. The summed E-state index contributed by atoms with van der Waals surface area (Å²) in [6.07, 6.45) is 5.11. The molecule has 0 aliphatic heterocycles. The Hall–Kier alpha value is -1.65. The molecule has 1 N–H and O–H groups in total. The van der Waals surface area contributed by atoms with Gasteiger partial charge in [0, 0.05) is 6.54 Å². The van der Waals surface area contributed by atoms with Gasteiger partial charge in [-0.1, -0.05) is 57.2 Å². The maximum absolute atomic E-state index is 12.2. The Kier molecular flexibility index (Phi) is 10.8. The summed E-state index contributed by atoms with van der Waals surface area (Å²) in [5, 5.41) is 2.92. The van der Waals surface area contributed by atoms with Crippen LogP contribution in [0.2, 0.25) is 0 Å². The van der Waals surface area contributed by atoms with Crippen LogP contribution in [0.5, 0.6) is 0 Å². The molecule has 1 aromatic carbocycles. The summed E-state index contributed by atoms with van der Waals surface area (Å²) in [7, 11) is 0. The Morgan fingerprint density at radius 2 is 1.64 bits per heavy atom. The molecule has 0 aliphatic carbocycles. The van der Waals surface area contributed by atoms with E-state index < -0.39 is 0 Å². The number of carbonyl (C=O) groups is 1. The van der Waals surface area contributed by atoms with Crippen molar-refractivity contribution in [2.75, 3.05) is 33.0 Å². The molecule has 1 amide bonds. The van der Waals surface area contributed by atoms with E-state index in [0.29, 0.717) is 38.9 Å². The van der Waals surface area contributed by atoms with Crippen molar-refractivity contribution in [2.45, 2.75) is 46.0 Å². The summed E-state index contributed by atoms with van der Waals surface area (Å²) < 4.78 is 10.8. The van der Waals surface area contributed by atoms with Gasteiger partial charge in [-0.3, -0.25) is 4.79 Å². The SMILES string of the molecule is CC/C=C/COCCOCCNC(=O)C(C)c1ccc(C(C)C)cc1. The zero-order valence-electron chi connectivity index (χ0n) is 16.1. The van der Waals surface area contributed by atoms with E-state index in [9.17, 15) is 4.79 Å². The number of hydrogen-bond acceptors (Lipinski definition) is 3. The van der Waals surface area contributed by atoms with Crippen LogP contribution in [0, 0.1) is 0 Å². The molecule has 0 aliphatic rings. The van der Waals surface area contributed by atoms with Gasteiger partial charge < -0.3 is 14.8 Å². The van der Waals surface area contributed by atoms with Crippen molar-refractivity contribution in [2.24, 2.45) is 0 Å². The second-order valence-corrected chi connectivity index (χ2v) is 6.40. The highest BCUT2D eigenvalue weighted by Gasteiger charge is 2.14. The Balaban J connectivity index is 2.16. The summed E-state index contributed by atoms with van der Waals surface area (Å²) in [6, 6.07) is 8.28. The van der Waals surface area contributed by atoms with E-state index in [1.54, 1.807) is 0 Å². The Labute approximate surface area is 152 Å². The molecule has 0 bridgehead atoms. The fraction of sp³-hybridized carbons (Fsp3) is 0.571. The molecule has 1 rings (SSSR count). The van der Waals surface area contributed by atoms with Crippen molar-refractivity contribution in [3.63, 3.8) is 0 Å². The van der Waals surface area contributed by atoms with Crippen molar-refractivity contribution < 1.29 is 14.3 Å². The molecule has 4 heteroatoms. The molecule has 0 saturated heterocycles. The van der Waals surface area contributed by atoms with Gasteiger partial charge in [0.05, 0.1) is 32.3 Å². The first kappa shape index (κ1) is 21.4. The standard InChI is InChI=1S/C21H33NO3/c1-5-6-7-13-24-15-16-25-14-12-22-21(23)18(4)20-10-8-19(9-11-20)17(2)3/h6-11,17-18H,5,12-16H2,1-4H3,(H,22,23)/b7-6+. The lowest BCUT2D eigenvalue weighted by Crippen LogP contribution is -2.31. The highest BCUT2D eigenvalue weighted by Crippen LogP contribution is 2.20. The number of hydrogen-bond donors (Lipinski definition) is 1. The molecule has 0 heterocycles. The molecule has 1 unspecified atom stereocenters. The van der Waals surface area contributed by atoms with Crippen molar-refractivity contribution in [1.82, 2.24) is 5.32 Å². The summed E-state index contributed by atoms with van der Waals surface area (Å²) in [6.45, 7) is 11.1. The van der Waals surface area contributed by atoms with Crippen molar-refractivity contribution in [3.05, 3.63) is 47.5 Å². The number of ether oxygens (including phenoxy) is 2. The van der Waals surface area contributed by atoms with Crippen LogP contribution < -0.4 is 5.32 Å². The summed E-state index contributed by atoms with van der Waals surface area (Å²) in [5.41, 5.74) is 2.33. The lowest BCUT2D eigenvalue weighted by Gasteiger charge is -2.14. The normalized spacial score (nSPS) is 12.7. The third-order valence-electron chi connectivity index (χ3n) is 4.03. The van der Waals surface area contributed by atoms with E-state index in [0.717, 1.165) is 12.0 Å². The van der Waals surface area contributed by atoms with Crippen LogP contribution in [0.3, 0.4) is 0 Å². The average molecular weight is 347 g/mol. The van der Waals surface area contributed by atoms with Gasteiger partial charge in [0.25, 0.3) is 0 Å². The van der Waals surface area contributed by atoms with Crippen LogP contribution in [0.25, 0.3) is 0 Å². The fourth-order valence-corrected chi connectivity index (χ4v) is 2.33. The van der Waals surface area contributed by atoms with Gasteiger partial charge in [0.2, 0.25) is 5.91 Å². The van der Waals surface area contributed by atoms with Gasteiger partial charge in [-0.25, -0.2) is 0 Å². The van der Waals surface area contributed by atoms with Crippen LogP contribution in [0.4, 0.5) is 0 Å². The van der Waals surface area contributed by atoms with Gasteiger partial charge in [-0.2, -0.15) is 0 Å². The number of rotatable bonds is 12. The van der Waals surface area contributed by atoms with Gasteiger partial charge in [-0.05, 0) is 30.4 Å². The molecule has 4 nitrogen and oxygen atoms in total. The summed E-state index contributed by atoms with van der Waals surface area (Å²) in [5.74, 6) is 0.374. The Bertz CT molecular complexity index is 508. The predicted octanol–water partition coefficient (Wildman–Crippen LogP) is 4.03. The van der Waals surface area contributed by atoms with Gasteiger partial charge >= 0.3 is 0 Å². The maximum Gasteiger partial charge on any atom is 0.227 e. The van der Waals surface area contributed by atoms with E-state index in [1.165, 1.54) is 5.56 Å². The first-order valence-electron chi connectivity index (χ1n) is 9.24. The fourth-order valence-electron chi connectivity index (χ4n) is 2.33. The topological polar surface area (TPSA) is 47.6 Å². The molecule has 25 heavy (non-hydrogen) atoms. The van der Waals surface area contributed by atoms with Crippen molar-refractivity contribution in [3.8, 4) is 0 Å². The zero-order valence-corrected chi connectivity index (χ0v) is 16.1. The van der Waals surface area contributed by atoms with Crippen LogP contribution in [0.15, 0.2) is 36.4 Å². The Morgan fingerprint density at radius 1 is 1.00 bits per heavy atom. The minimum atomic E-state index is -0.158. The van der Waals surface area contributed by atoms with Gasteiger partial charge in [0.1, 0.15) is 0 Å². The van der Waals surface area contributed by atoms with Crippen LogP contribution in [-0.4, -0.2) is 38.9 Å². The molecule has 0 radical (unpaired) electrons. The lowest BCUT2D eigenvalue weighted by atomic mass is 9.96. The smallest absolute Gasteiger partial charge is 0.227 e. The van der Waals surface area contributed by atoms with Crippen molar-refractivity contribution >= 4 is 5.91 Å². The molecule has 0 aromatic heterocycles. The van der Waals surface area contributed by atoms with E-state index in [4.69, 9.17) is 9.47 Å². The zero-order chi connectivity index (χ0) is 18.5. The number of benzene rings is 1. The molecule has 0 saturated carbocycles. The van der Waals surface area contributed by atoms with E-state index in [-0.39, 0.29) is 11.8 Å². The molecule has 1 aromatic rings. The first-order chi connectivity index (χ1) is 12.1. The molecule has 0 spiro atoms. The molecule has 140 valence electrons. The highest BCUT2D eigenvalue weighted by molar-refractivity contribution is 5.83. The highest BCUT2D eigenvalue weighted by atomic mass is 16.5. The van der Waals surface area contributed by atoms with E-state index in [1.807, 2.05) is 25.1 Å². The molecule has 0 fully saturated rings. The predicted molar refractivity (Wildman–Crippen MR) is 103 cm³/mol. The number of carbonyl (C=O) groups excluding carboxylic acids is 1. The molecular weight excluding hydrogens is 314 g/mol. The van der Waals surface area contributed by atoms with Crippen LogP contribution >= 0.6 is 0 Å². The first-order valence-corrected chi connectivity index (χ1v) is 9.24. The van der Waals surface area contributed by atoms with Gasteiger partial charge in [0.15, 0.2) is 0 Å². The van der Waals surface area contributed by atoms with Crippen LogP contribution in [-0.2, 0) is 14.3 Å². The van der Waals surface area contributed by atoms with E-state index >= 15 is 0 Å². The third kappa shape index (κ3) is 8.84. The molecular formula is C21H33NO3. The lowest BCUT2D eigenvalue weighted by molar-refractivity contribution is -0.122. The minimum Gasteiger partial charge on any atom is -0.377 e. The molecule has 1 atom stereocenters. The van der Waals surface area contributed by atoms with Crippen LogP contribution in [0.1, 0.15) is 57.1 Å². The number of allylic oxidation sites excluding steroid dienone is 1. The van der Waals surface area contributed by atoms with Gasteiger partial charge in [-0.15, -0.1) is 0 Å². The third-order valence-corrected chi connectivity index (χ3v) is 4.03. The number of nitrogens with one attached hydrogen (secondary N) is 1. The maximum atomic E-state index is 12.2. The largest absolute Gasteiger partial charge is 0.377 e. The number of amides is 1. The monoisotopic (exact) mass is 347 g/mol. The summed E-state index contributed by atoms with van der Waals surface area (Å²) >= 11 is 0. The van der Waals surface area contributed by atoms with E-state index in [2.05, 4.69) is 44.3 Å². The Morgan fingerprint density at radius 3 is 2.28 bits per heavy atom. The second kappa shape index (κ2) is 12.7. The van der Waals surface area contributed by atoms with Crippen molar-refractivity contribution in [1.29, 1.82) is 0 Å². The summed E-state index contributed by atoms with van der Waals surface area (Å²) in [4.78, 5) is 12.2. The second-order valence-electron chi connectivity index (χ2n) is 6.40.